The van der Waals surface area contributed by atoms with E-state index < -0.39 is 0 Å². The van der Waals surface area contributed by atoms with Crippen LogP contribution in [0, 0.1) is 0 Å². The monoisotopic (exact) mass is 315 g/mol. The van der Waals surface area contributed by atoms with Gasteiger partial charge < -0.3 is 5.32 Å². The highest BCUT2D eigenvalue weighted by molar-refractivity contribution is 6.07. The van der Waals surface area contributed by atoms with Crippen LogP contribution in [0.1, 0.15) is 22.8 Å². The Balaban J connectivity index is 1.80. The van der Waals surface area contributed by atoms with Crippen LogP contribution in [0.2, 0.25) is 0 Å². The fourth-order valence-corrected chi connectivity index (χ4v) is 2.53. The zero-order valence-electron chi connectivity index (χ0n) is 13.3. The van der Waals surface area contributed by atoms with Gasteiger partial charge in [0, 0.05) is 18.2 Å². The number of hydrogen-bond donors (Lipinski definition) is 1. The fraction of sp³-hybridized carbons (Fsp3) is 0.0476. The van der Waals surface area contributed by atoms with Crippen LogP contribution in [-0.4, -0.2) is 11.7 Å². The van der Waals surface area contributed by atoms with E-state index in [2.05, 4.69) is 11.4 Å². The van der Waals surface area contributed by atoms with Crippen molar-refractivity contribution in [3.05, 3.63) is 83.9 Å². The lowest BCUT2D eigenvalue weighted by Gasteiger charge is -2.03. The van der Waals surface area contributed by atoms with Crippen LogP contribution in [0.5, 0.6) is 0 Å². The summed E-state index contributed by atoms with van der Waals surface area (Å²) in [5, 5.41) is 4.99. The Kier molecular flexibility index (Phi) is 4.52. The molecule has 3 heteroatoms. The zero-order chi connectivity index (χ0) is 16.9. The molecule has 0 aliphatic carbocycles. The Morgan fingerprint density at radius 2 is 1.67 bits per heavy atom. The standard InChI is InChI=1S/C21H17NO2/c1-15(23)22-20-8-4-7-19(14-20)21(24)12-10-16-9-11-17-5-2-3-6-18(17)13-16/h2-14H,1H3,(H,22,23)/b12-10+. The highest BCUT2D eigenvalue weighted by atomic mass is 16.1. The van der Waals surface area contributed by atoms with Crippen LogP contribution in [-0.2, 0) is 4.79 Å². The van der Waals surface area contributed by atoms with Crippen molar-refractivity contribution >= 4 is 34.2 Å². The van der Waals surface area contributed by atoms with Gasteiger partial charge in [0.15, 0.2) is 5.78 Å². The molecule has 0 bridgehead atoms. The van der Waals surface area contributed by atoms with Crippen molar-refractivity contribution in [1.82, 2.24) is 0 Å². The predicted octanol–water partition coefficient (Wildman–Crippen LogP) is 4.69. The molecular formula is C21H17NO2. The van der Waals surface area contributed by atoms with Crippen LogP contribution >= 0.6 is 0 Å². The van der Waals surface area contributed by atoms with Crippen molar-refractivity contribution < 1.29 is 9.59 Å². The summed E-state index contributed by atoms with van der Waals surface area (Å²) in [5.74, 6) is -0.262. The van der Waals surface area contributed by atoms with Gasteiger partial charge in [0.1, 0.15) is 0 Å². The maximum absolute atomic E-state index is 12.3. The van der Waals surface area contributed by atoms with Crippen LogP contribution in [0.15, 0.2) is 72.8 Å². The molecule has 0 aliphatic rings. The van der Waals surface area contributed by atoms with E-state index in [-0.39, 0.29) is 11.7 Å². The van der Waals surface area contributed by atoms with E-state index >= 15 is 0 Å². The summed E-state index contributed by atoms with van der Waals surface area (Å²) in [7, 11) is 0. The average Bonchev–Trinajstić information content (AvgIpc) is 2.59. The Bertz CT molecular complexity index is 941. The summed E-state index contributed by atoms with van der Waals surface area (Å²) >= 11 is 0. The molecule has 1 amide bonds. The zero-order valence-corrected chi connectivity index (χ0v) is 13.3. The summed E-state index contributed by atoms with van der Waals surface area (Å²) in [5.41, 5.74) is 2.13. The summed E-state index contributed by atoms with van der Waals surface area (Å²) in [4.78, 5) is 23.4. The summed E-state index contributed by atoms with van der Waals surface area (Å²) < 4.78 is 0. The van der Waals surface area contributed by atoms with Crippen molar-refractivity contribution in [3.63, 3.8) is 0 Å². The first-order chi connectivity index (χ1) is 11.6. The first kappa shape index (κ1) is 15.7. The van der Waals surface area contributed by atoms with Gasteiger partial charge in [0.2, 0.25) is 5.91 Å². The van der Waals surface area contributed by atoms with Crippen LogP contribution in [0.4, 0.5) is 5.69 Å². The SMILES string of the molecule is CC(=O)Nc1cccc(C(=O)/C=C/c2ccc3ccccc3c2)c1. The molecule has 24 heavy (non-hydrogen) atoms. The van der Waals surface area contributed by atoms with Gasteiger partial charge in [0.25, 0.3) is 0 Å². The molecule has 0 saturated heterocycles. The van der Waals surface area contributed by atoms with Gasteiger partial charge in [-0.25, -0.2) is 0 Å². The molecule has 0 unspecified atom stereocenters. The van der Waals surface area contributed by atoms with Gasteiger partial charge in [-0.3, -0.25) is 9.59 Å². The number of carbonyl (C=O) groups excluding carboxylic acids is 2. The molecule has 3 aromatic carbocycles. The molecule has 0 atom stereocenters. The number of nitrogens with one attached hydrogen (secondary N) is 1. The van der Waals surface area contributed by atoms with Crippen molar-refractivity contribution in [2.24, 2.45) is 0 Å². The third kappa shape index (κ3) is 3.76. The van der Waals surface area contributed by atoms with E-state index in [1.54, 1.807) is 36.4 Å². The first-order valence-corrected chi connectivity index (χ1v) is 7.71. The van der Waals surface area contributed by atoms with Gasteiger partial charge in [-0.05, 0) is 40.6 Å². The molecule has 0 aliphatic heterocycles. The van der Waals surface area contributed by atoms with Crippen molar-refractivity contribution in [1.29, 1.82) is 0 Å². The van der Waals surface area contributed by atoms with Crippen molar-refractivity contribution in [2.45, 2.75) is 6.92 Å². The summed E-state index contributed by atoms with van der Waals surface area (Å²) in [6.45, 7) is 1.44. The second-order valence-corrected chi connectivity index (χ2v) is 5.57. The summed E-state index contributed by atoms with van der Waals surface area (Å²) in [6.07, 6.45) is 3.36. The number of amides is 1. The van der Waals surface area contributed by atoms with Gasteiger partial charge in [-0.15, -0.1) is 0 Å². The Morgan fingerprint density at radius 3 is 2.46 bits per heavy atom. The van der Waals surface area contributed by atoms with Crippen LogP contribution in [0.3, 0.4) is 0 Å². The molecule has 0 radical (unpaired) electrons. The maximum atomic E-state index is 12.3. The largest absolute Gasteiger partial charge is 0.326 e. The second kappa shape index (κ2) is 6.92. The lowest BCUT2D eigenvalue weighted by molar-refractivity contribution is -0.114. The quantitative estimate of drug-likeness (QED) is 0.560. The minimum atomic E-state index is -0.161. The van der Waals surface area contributed by atoms with Gasteiger partial charge in [-0.2, -0.15) is 0 Å². The number of fused-ring (bicyclic) bond motifs is 1. The molecule has 0 saturated carbocycles. The third-order valence-electron chi connectivity index (χ3n) is 3.67. The number of hydrogen-bond acceptors (Lipinski definition) is 2. The molecule has 0 heterocycles. The second-order valence-electron chi connectivity index (χ2n) is 5.57. The molecule has 0 aromatic heterocycles. The van der Waals surface area contributed by atoms with E-state index in [1.165, 1.54) is 12.3 Å². The minimum Gasteiger partial charge on any atom is -0.326 e. The maximum Gasteiger partial charge on any atom is 0.221 e. The molecule has 1 N–H and O–H groups in total. The van der Waals surface area contributed by atoms with E-state index in [0.29, 0.717) is 11.3 Å². The molecule has 3 nitrogen and oxygen atoms in total. The highest BCUT2D eigenvalue weighted by Gasteiger charge is 2.04. The van der Waals surface area contributed by atoms with E-state index in [1.807, 2.05) is 36.4 Å². The van der Waals surface area contributed by atoms with E-state index in [0.717, 1.165) is 10.9 Å². The van der Waals surface area contributed by atoms with E-state index in [4.69, 9.17) is 0 Å². The molecular weight excluding hydrogens is 298 g/mol. The minimum absolute atomic E-state index is 0.102. The highest BCUT2D eigenvalue weighted by Crippen LogP contribution is 2.17. The lowest BCUT2D eigenvalue weighted by atomic mass is 10.1. The number of ketones is 1. The molecule has 0 fully saturated rings. The van der Waals surface area contributed by atoms with Gasteiger partial charge >= 0.3 is 0 Å². The Labute approximate surface area is 140 Å². The number of benzene rings is 3. The molecule has 118 valence electrons. The van der Waals surface area contributed by atoms with Gasteiger partial charge in [0.05, 0.1) is 0 Å². The van der Waals surface area contributed by atoms with E-state index in [9.17, 15) is 9.59 Å². The Hall–Kier alpha value is -3.20. The number of anilines is 1. The fourth-order valence-electron chi connectivity index (χ4n) is 2.53. The van der Waals surface area contributed by atoms with Crippen molar-refractivity contribution in [3.8, 4) is 0 Å². The first-order valence-electron chi connectivity index (χ1n) is 7.71. The number of rotatable bonds is 4. The molecule has 3 rings (SSSR count). The topological polar surface area (TPSA) is 46.2 Å². The number of allylic oxidation sites excluding steroid dienone is 1. The molecule has 3 aromatic rings. The normalized spacial score (nSPS) is 10.9. The number of carbonyl (C=O) groups is 2. The Morgan fingerprint density at radius 1 is 0.875 bits per heavy atom. The average molecular weight is 315 g/mol. The third-order valence-corrected chi connectivity index (χ3v) is 3.67. The molecule has 0 spiro atoms. The van der Waals surface area contributed by atoms with Crippen LogP contribution < -0.4 is 5.32 Å². The smallest absolute Gasteiger partial charge is 0.221 e. The predicted molar refractivity (Wildman–Crippen MR) is 98.1 cm³/mol. The van der Waals surface area contributed by atoms with Crippen LogP contribution in [0.25, 0.3) is 16.8 Å². The lowest BCUT2D eigenvalue weighted by Crippen LogP contribution is -2.06. The van der Waals surface area contributed by atoms with Crippen molar-refractivity contribution in [2.75, 3.05) is 5.32 Å². The van der Waals surface area contributed by atoms with Gasteiger partial charge in [-0.1, -0.05) is 54.6 Å². The summed E-state index contributed by atoms with van der Waals surface area (Å²) in [6, 6.07) is 21.1.